The van der Waals surface area contributed by atoms with Crippen molar-refractivity contribution in [1.82, 2.24) is 0 Å². The van der Waals surface area contributed by atoms with Crippen molar-refractivity contribution in [2.24, 2.45) is 0 Å². The Hall–Kier alpha value is -1.56. The number of carbonyl (C=O) groups is 1. The number of halogens is 2. The average molecular weight is 398 g/mol. The quantitative estimate of drug-likeness (QED) is 0.785. The molecule has 7 heteroatoms. The minimum atomic E-state index is -3.69. The van der Waals surface area contributed by atoms with Gasteiger partial charge in [0.05, 0.1) is 5.75 Å². The maximum atomic E-state index is 12.6. The number of para-hydroxylation sites is 1. The molecule has 4 nitrogen and oxygen atoms in total. The third kappa shape index (κ3) is 4.17. The van der Waals surface area contributed by atoms with Gasteiger partial charge < -0.3 is 4.90 Å². The first kappa shape index (κ1) is 18.2. The molecule has 25 heavy (non-hydrogen) atoms. The van der Waals surface area contributed by atoms with Crippen molar-refractivity contribution in [1.29, 1.82) is 0 Å². The number of sulfone groups is 1. The summed E-state index contributed by atoms with van der Waals surface area (Å²) in [6.07, 6.45) is 1.71. The van der Waals surface area contributed by atoms with E-state index in [1.807, 2.05) is 24.3 Å². The highest BCUT2D eigenvalue weighted by Gasteiger charge is 2.27. The Kier molecular flexibility index (Phi) is 5.37. The number of benzene rings is 2. The predicted molar refractivity (Wildman–Crippen MR) is 101 cm³/mol. The first-order chi connectivity index (χ1) is 11.9. The van der Waals surface area contributed by atoms with Crippen LogP contribution in [0.4, 0.5) is 5.69 Å². The van der Waals surface area contributed by atoms with E-state index in [-0.39, 0.29) is 15.8 Å². The minimum Gasteiger partial charge on any atom is -0.311 e. The molecule has 2 aromatic carbocycles. The molecule has 0 spiro atoms. The fraction of sp³-hybridized carbons (Fsp3) is 0.278. The Bertz CT molecular complexity index is 892. The molecular formula is C18H17Cl2NO3S. The number of hydrogen-bond donors (Lipinski definition) is 0. The lowest BCUT2D eigenvalue weighted by molar-refractivity contribution is -0.116. The van der Waals surface area contributed by atoms with Gasteiger partial charge in [-0.2, -0.15) is 0 Å². The van der Waals surface area contributed by atoms with Crippen LogP contribution in [0.15, 0.2) is 42.5 Å². The molecule has 132 valence electrons. The Morgan fingerprint density at radius 3 is 2.44 bits per heavy atom. The maximum Gasteiger partial charge on any atom is 0.242 e. The second-order valence-electron chi connectivity index (χ2n) is 6.01. The second kappa shape index (κ2) is 7.36. The van der Waals surface area contributed by atoms with E-state index in [1.54, 1.807) is 23.1 Å². The van der Waals surface area contributed by atoms with Gasteiger partial charge in [0.2, 0.25) is 5.91 Å². The van der Waals surface area contributed by atoms with Gasteiger partial charge in [-0.05, 0) is 36.6 Å². The Labute approximate surface area is 157 Å². The number of rotatable bonds is 4. The molecule has 1 heterocycles. The van der Waals surface area contributed by atoms with Gasteiger partial charge in [-0.25, -0.2) is 8.42 Å². The second-order valence-corrected chi connectivity index (χ2v) is 8.89. The molecule has 0 fully saturated rings. The van der Waals surface area contributed by atoms with Crippen LogP contribution in [-0.2, 0) is 26.8 Å². The molecule has 1 amide bonds. The summed E-state index contributed by atoms with van der Waals surface area (Å²) in [5.41, 5.74) is 2.19. The van der Waals surface area contributed by atoms with Crippen LogP contribution < -0.4 is 4.90 Å². The van der Waals surface area contributed by atoms with E-state index < -0.39 is 21.5 Å². The highest BCUT2D eigenvalue weighted by atomic mass is 35.5. The number of aryl methyl sites for hydroxylation is 1. The van der Waals surface area contributed by atoms with Crippen LogP contribution in [-0.4, -0.2) is 26.6 Å². The Balaban J connectivity index is 1.79. The molecule has 0 saturated heterocycles. The van der Waals surface area contributed by atoms with Crippen molar-refractivity contribution in [3.63, 3.8) is 0 Å². The zero-order chi connectivity index (χ0) is 18.0. The number of carbonyl (C=O) groups excluding carboxylic acids is 1. The zero-order valence-corrected chi connectivity index (χ0v) is 15.7. The normalized spacial score (nSPS) is 14.2. The van der Waals surface area contributed by atoms with Crippen LogP contribution >= 0.6 is 23.2 Å². The van der Waals surface area contributed by atoms with Crippen molar-refractivity contribution in [2.75, 3.05) is 17.2 Å². The first-order valence-electron chi connectivity index (χ1n) is 7.89. The zero-order valence-electron chi connectivity index (χ0n) is 13.4. The van der Waals surface area contributed by atoms with E-state index in [1.165, 1.54) is 0 Å². The number of amides is 1. The van der Waals surface area contributed by atoms with Crippen molar-refractivity contribution in [3.05, 3.63) is 63.6 Å². The molecule has 0 atom stereocenters. The smallest absolute Gasteiger partial charge is 0.242 e. The molecule has 0 N–H and O–H groups in total. The van der Waals surface area contributed by atoms with Crippen molar-refractivity contribution in [3.8, 4) is 0 Å². The van der Waals surface area contributed by atoms with E-state index >= 15 is 0 Å². The van der Waals surface area contributed by atoms with Gasteiger partial charge in [0, 0.05) is 27.8 Å². The summed E-state index contributed by atoms with van der Waals surface area (Å²) in [5.74, 6) is -1.34. The fourth-order valence-corrected chi connectivity index (χ4v) is 5.07. The molecule has 1 aliphatic heterocycles. The van der Waals surface area contributed by atoms with Crippen LogP contribution in [0.1, 0.15) is 17.5 Å². The summed E-state index contributed by atoms with van der Waals surface area (Å²) in [5, 5.41) is 0.568. The van der Waals surface area contributed by atoms with Crippen molar-refractivity contribution >= 4 is 44.6 Å². The lowest BCUT2D eigenvalue weighted by atomic mass is 10.0. The highest BCUT2D eigenvalue weighted by Crippen LogP contribution is 2.29. The van der Waals surface area contributed by atoms with Crippen LogP contribution in [0.25, 0.3) is 0 Å². The summed E-state index contributed by atoms with van der Waals surface area (Å²) in [4.78, 5) is 14.2. The molecule has 0 aliphatic carbocycles. The standard InChI is InChI=1S/C18H17Cl2NO3S/c19-15-7-3-8-16(20)14(15)11-25(23,24)12-18(22)21-10-4-6-13-5-1-2-9-17(13)21/h1-3,5,7-9H,4,6,10-12H2. The van der Waals surface area contributed by atoms with Crippen LogP contribution in [0.2, 0.25) is 10.0 Å². The van der Waals surface area contributed by atoms with Gasteiger partial charge in [0.25, 0.3) is 0 Å². The van der Waals surface area contributed by atoms with Crippen molar-refractivity contribution in [2.45, 2.75) is 18.6 Å². The molecule has 3 rings (SSSR count). The molecule has 0 saturated carbocycles. The number of anilines is 1. The molecule has 0 radical (unpaired) electrons. The third-order valence-electron chi connectivity index (χ3n) is 4.18. The van der Waals surface area contributed by atoms with Gasteiger partial charge in [-0.15, -0.1) is 0 Å². The lowest BCUT2D eigenvalue weighted by Gasteiger charge is -2.29. The van der Waals surface area contributed by atoms with E-state index in [0.717, 1.165) is 24.1 Å². The Morgan fingerprint density at radius 2 is 1.72 bits per heavy atom. The number of hydrogen-bond acceptors (Lipinski definition) is 3. The lowest BCUT2D eigenvalue weighted by Crippen LogP contribution is -2.39. The molecule has 2 aromatic rings. The average Bonchev–Trinajstić information content (AvgIpc) is 2.57. The van der Waals surface area contributed by atoms with Crippen LogP contribution in [0, 0.1) is 0 Å². The summed E-state index contributed by atoms with van der Waals surface area (Å²) >= 11 is 12.1. The van der Waals surface area contributed by atoms with E-state index in [2.05, 4.69) is 0 Å². The summed E-state index contributed by atoms with van der Waals surface area (Å²) < 4.78 is 25.0. The monoisotopic (exact) mass is 397 g/mol. The van der Waals surface area contributed by atoms with E-state index in [9.17, 15) is 13.2 Å². The number of nitrogens with zero attached hydrogens (tertiary/aromatic N) is 1. The molecule has 0 unspecified atom stereocenters. The fourth-order valence-electron chi connectivity index (χ4n) is 3.00. The van der Waals surface area contributed by atoms with Crippen LogP contribution in [0.5, 0.6) is 0 Å². The molecule has 0 aromatic heterocycles. The largest absolute Gasteiger partial charge is 0.311 e. The first-order valence-corrected chi connectivity index (χ1v) is 10.5. The number of fused-ring (bicyclic) bond motifs is 1. The minimum absolute atomic E-state index is 0.284. The summed E-state index contributed by atoms with van der Waals surface area (Å²) in [6.45, 7) is 0.526. The molecular weight excluding hydrogens is 381 g/mol. The summed E-state index contributed by atoms with van der Waals surface area (Å²) in [7, 11) is -3.69. The van der Waals surface area contributed by atoms with Gasteiger partial charge in [-0.1, -0.05) is 47.5 Å². The van der Waals surface area contributed by atoms with Crippen molar-refractivity contribution < 1.29 is 13.2 Å². The van der Waals surface area contributed by atoms with Gasteiger partial charge in [0.1, 0.15) is 5.75 Å². The van der Waals surface area contributed by atoms with Gasteiger partial charge in [0.15, 0.2) is 9.84 Å². The molecule has 0 bridgehead atoms. The third-order valence-corrected chi connectivity index (χ3v) is 6.30. The SMILES string of the molecule is O=C(CS(=O)(=O)Cc1c(Cl)cccc1Cl)N1CCCc2ccccc21. The summed E-state index contributed by atoms with van der Waals surface area (Å²) in [6, 6.07) is 12.4. The highest BCUT2D eigenvalue weighted by molar-refractivity contribution is 7.91. The van der Waals surface area contributed by atoms with Gasteiger partial charge in [-0.3, -0.25) is 4.79 Å². The maximum absolute atomic E-state index is 12.6. The van der Waals surface area contributed by atoms with E-state index in [0.29, 0.717) is 12.1 Å². The Morgan fingerprint density at radius 1 is 1.04 bits per heavy atom. The van der Waals surface area contributed by atoms with Crippen LogP contribution in [0.3, 0.4) is 0 Å². The predicted octanol–water partition coefficient (Wildman–Crippen LogP) is 3.89. The topological polar surface area (TPSA) is 54.5 Å². The van der Waals surface area contributed by atoms with E-state index in [4.69, 9.17) is 23.2 Å². The molecule has 1 aliphatic rings. The van der Waals surface area contributed by atoms with Gasteiger partial charge >= 0.3 is 0 Å².